The van der Waals surface area contributed by atoms with Gasteiger partial charge in [0.15, 0.2) is 5.96 Å². The standard InChI is InChI=1S/C11H17N3OS/c1-2-16(15)9-8-13-11(12)14-10-6-4-3-5-7-10/h3-7H,2,8-9H2,1H3,(H3,12,13,14). The van der Waals surface area contributed by atoms with Gasteiger partial charge < -0.3 is 11.1 Å². The largest absolute Gasteiger partial charge is 0.370 e. The number of nitrogens with two attached hydrogens (primary N) is 1. The fraction of sp³-hybridized carbons (Fsp3) is 0.364. The Bertz CT molecular complexity index is 365. The number of hydrogen-bond acceptors (Lipinski definition) is 2. The number of hydrogen-bond donors (Lipinski definition) is 2. The number of anilines is 1. The lowest BCUT2D eigenvalue weighted by atomic mass is 10.3. The van der Waals surface area contributed by atoms with E-state index in [0.717, 1.165) is 5.69 Å². The van der Waals surface area contributed by atoms with Gasteiger partial charge in [-0.15, -0.1) is 0 Å². The van der Waals surface area contributed by atoms with Gasteiger partial charge in [-0.1, -0.05) is 25.1 Å². The lowest BCUT2D eigenvalue weighted by molar-refractivity contribution is 0.683. The quantitative estimate of drug-likeness (QED) is 0.599. The first kappa shape index (κ1) is 12.7. The van der Waals surface area contributed by atoms with E-state index in [1.807, 2.05) is 37.3 Å². The van der Waals surface area contributed by atoms with Crippen LogP contribution in [0.4, 0.5) is 5.69 Å². The van der Waals surface area contributed by atoms with Crippen LogP contribution in [0.1, 0.15) is 6.92 Å². The zero-order chi connectivity index (χ0) is 11.8. The smallest absolute Gasteiger partial charge is 0.193 e. The lowest BCUT2D eigenvalue weighted by Crippen LogP contribution is -2.23. The highest BCUT2D eigenvalue weighted by Crippen LogP contribution is 2.03. The summed E-state index contributed by atoms with van der Waals surface area (Å²) in [6, 6.07) is 9.59. The third kappa shape index (κ3) is 4.93. The summed E-state index contributed by atoms with van der Waals surface area (Å²) in [7, 11) is -0.780. The monoisotopic (exact) mass is 239 g/mol. The van der Waals surface area contributed by atoms with Crippen molar-refractivity contribution in [2.75, 3.05) is 23.4 Å². The molecule has 0 amide bonds. The highest BCUT2D eigenvalue weighted by atomic mass is 32.2. The van der Waals surface area contributed by atoms with Crippen LogP contribution in [0, 0.1) is 0 Å². The molecule has 16 heavy (non-hydrogen) atoms. The van der Waals surface area contributed by atoms with Gasteiger partial charge in [-0.25, -0.2) is 0 Å². The van der Waals surface area contributed by atoms with Gasteiger partial charge in [0.25, 0.3) is 0 Å². The first-order valence-electron chi connectivity index (χ1n) is 5.19. The Hall–Kier alpha value is -1.36. The summed E-state index contributed by atoms with van der Waals surface area (Å²) in [5.41, 5.74) is 6.58. The van der Waals surface area contributed by atoms with Crippen molar-refractivity contribution < 1.29 is 4.21 Å². The average Bonchev–Trinajstić information content (AvgIpc) is 2.30. The minimum Gasteiger partial charge on any atom is -0.370 e. The zero-order valence-corrected chi connectivity index (χ0v) is 10.2. The molecule has 4 nitrogen and oxygen atoms in total. The summed E-state index contributed by atoms with van der Waals surface area (Å²) in [6.45, 7) is 2.39. The molecule has 0 aromatic heterocycles. The molecule has 0 aliphatic carbocycles. The summed E-state index contributed by atoms with van der Waals surface area (Å²) in [5.74, 6) is 1.59. The van der Waals surface area contributed by atoms with Gasteiger partial charge in [0, 0.05) is 28.0 Å². The maximum atomic E-state index is 11.1. The Kier molecular flexibility index (Phi) is 5.56. The van der Waals surface area contributed by atoms with E-state index in [9.17, 15) is 4.21 Å². The number of para-hydroxylation sites is 1. The summed E-state index contributed by atoms with van der Waals surface area (Å²) in [4.78, 5) is 4.10. The molecular weight excluding hydrogens is 222 g/mol. The number of nitrogens with one attached hydrogen (secondary N) is 1. The van der Waals surface area contributed by atoms with E-state index in [1.54, 1.807) is 0 Å². The molecule has 1 unspecified atom stereocenters. The minimum atomic E-state index is -0.780. The van der Waals surface area contributed by atoms with E-state index in [-0.39, 0.29) is 0 Å². The van der Waals surface area contributed by atoms with Crippen molar-refractivity contribution in [3.8, 4) is 0 Å². The van der Waals surface area contributed by atoms with Crippen molar-refractivity contribution >= 4 is 22.4 Å². The van der Waals surface area contributed by atoms with Crippen molar-refractivity contribution in [3.05, 3.63) is 30.3 Å². The van der Waals surface area contributed by atoms with Crippen molar-refractivity contribution in [2.45, 2.75) is 6.92 Å². The average molecular weight is 239 g/mol. The Morgan fingerprint density at radius 3 is 2.75 bits per heavy atom. The van der Waals surface area contributed by atoms with Gasteiger partial charge in [-0.2, -0.15) is 0 Å². The van der Waals surface area contributed by atoms with Gasteiger partial charge in [-0.3, -0.25) is 9.20 Å². The second kappa shape index (κ2) is 7.00. The van der Waals surface area contributed by atoms with E-state index >= 15 is 0 Å². The molecular formula is C11H17N3OS. The van der Waals surface area contributed by atoms with E-state index in [4.69, 9.17) is 5.73 Å². The molecule has 1 atom stereocenters. The second-order valence-electron chi connectivity index (χ2n) is 3.19. The number of aliphatic imine (C=N–C) groups is 1. The third-order valence-electron chi connectivity index (χ3n) is 1.97. The van der Waals surface area contributed by atoms with Crippen molar-refractivity contribution in [1.82, 2.24) is 0 Å². The summed E-state index contributed by atoms with van der Waals surface area (Å²) >= 11 is 0. The van der Waals surface area contributed by atoms with Crippen molar-refractivity contribution in [1.29, 1.82) is 0 Å². The molecule has 0 fully saturated rings. The van der Waals surface area contributed by atoms with Crippen LogP contribution in [0.25, 0.3) is 0 Å². The van der Waals surface area contributed by atoms with Gasteiger partial charge in [0.1, 0.15) is 0 Å². The van der Waals surface area contributed by atoms with Crippen LogP contribution in [0.15, 0.2) is 35.3 Å². The Balaban J connectivity index is 2.37. The molecule has 88 valence electrons. The fourth-order valence-electron chi connectivity index (χ4n) is 1.12. The molecule has 0 radical (unpaired) electrons. The molecule has 0 spiro atoms. The fourth-order valence-corrected chi connectivity index (χ4v) is 1.70. The molecule has 1 aromatic rings. The second-order valence-corrected chi connectivity index (χ2v) is 5.06. The predicted octanol–water partition coefficient (Wildman–Crippen LogP) is 1.18. The summed E-state index contributed by atoms with van der Waals surface area (Å²) < 4.78 is 11.1. The molecule has 1 aromatic carbocycles. The van der Waals surface area contributed by atoms with Crippen LogP contribution >= 0.6 is 0 Å². The predicted molar refractivity (Wildman–Crippen MR) is 70.1 cm³/mol. The van der Waals surface area contributed by atoms with Crippen molar-refractivity contribution in [3.63, 3.8) is 0 Å². The van der Waals surface area contributed by atoms with Crippen LogP contribution in [-0.4, -0.2) is 28.2 Å². The number of benzene rings is 1. The van der Waals surface area contributed by atoms with E-state index in [2.05, 4.69) is 10.3 Å². The van der Waals surface area contributed by atoms with Gasteiger partial charge in [0.05, 0.1) is 6.54 Å². The van der Waals surface area contributed by atoms with Crippen LogP contribution in [0.3, 0.4) is 0 Å². The molecule has 0 saturated heterocycles. The van der Waals surface area contributed by atoms with Gasteiger partial charge >= 0.3 is 0 Å². The SMILES string of the molecule is CCS(=O)CCN=C(N)Nc1ccccc1. The highest BCUT2D eigenvalue weighted by Gasteiger charge is 1.96. The Morgan fingerprint density at radius 1 is 1.44 bits per heavy atom. The molecule has 3 N–H and O–H groups in total. The van der Waals surface area contributed by atoms with E-state index in [1.165, 1.54) is 0 Å². The van der Waals surface area contributed by atoms with E-state index in [0.29, 0.717) is 24.0 Å². The Morgan fingerprint density at radius 2 is 2.12 bits per heavy atom. The van der Waals surface area contributed by atoms with Gasteiger partial charge in [0.2, 0.25) is 0 Å². The van der Waals surface area contributed by atoms with Crippen LogP contribution in [-0.2, 0) is 10.8 Å². The van der Waals surface area contributed by atoms with Gasteiger partial charge in [-0.05, 0) is 12.1 Å². The summed E-state index contributed by atoms with van der Waals surface area (Å²) in [5, 5.41) is 2.96. The Labute approximate surface area is 98.4 Å². The maximum absolute atomic E-state index is 11.1. The molecule has 1 rings (SSSR count). The van der Waals surface area contributed by atoms with Crippen LogP contribution in [0.2, 0.25) is 0 Å². The number of rotatable bonds is 5. The molecule has 0 saturated carbocycles. The lowest BCUT2D eigenvalue weighted by Gasteiger charge is -2.04. The highest BCUT2D eigenvalue weighted by molar-refractivity contribution is 7.84. The van der Waals surface area contributed by atoms with Crippen LogP contribution in [0.5, 0.6) is 0 Å². The molecule has 0 aliphatic rings. The first-order chi connectivity index (χ1) is 7.72. The molecule has 5 heteroatoms. The molecule has 0 heterocycles. The number of nitrogens with zero attached hydrogens (tertiary/aromatic N) is 1. The van der Waals surface area contributed by atoms with E-state index < -0.39 is 10.8 Å². The normalized spacial score (nSPS) is 13.4. The molecule has 0 bridgehead atoms. The first-order valence-corrected chi connectivity index (χ1v) is 6.68. The van der Waals surface area contributed by atoms with Crippen LogP contribution < -0.4 is 11.1 Å². The number of guanidine groups is 1. The summed E-state index contributed by atoms with van der Waals surface area (Å²) in [6.07, 6.45) is 0. The maximum Gasteiger partial charge on any atom is 0.193 e. The minimum absolute atomic E-state index is 0.360. The third-order valence-corrected chi connectivity index (χ3v) is 3.25. The zero-order valence-electron chi connectivity index (χ0n) is 9.35. The molecule has 0 aliphatic heterocycles. The van der Waals surface area contributed by atoms with Crippen molar-refractivity contribution in [2.24, 2.45) is 10.7 Å². The topological polar surface area (TPSA) is 67.5 Å².